The van der Waals surface area contributed by atoms with Gasteiger partial charge in [-0.2, -0.15) is 0 Å². The van der Waals surface area contributed by atoms with Crippen molar-refractivity contribution < 1.29 is 25.9 Å². The van der Waals surface area contributed by atoms with Gasteiger partial charge in [0.1, 0.15) is 0 Å². The summed E-state index contributed by atoms with van der Waals surface area (Å²) in [5, 5.41) is 34.6. The Kier molecular flexibility index (Phi) is 6.95. The standard InChI is InChI=1S/C7H8O.C6H6O3.H2O/c8-6-7-4-2-1-3-5-7;7-4-2-1-3-5(8)6(4)9;/h1-5,8H,6H2;1-3,7-9H;1H2. The molecule has 0 aliphatic heterocycles. The number of phenolic OH excluding ortho intramolecular Hbond substituents is 3. The average Bonchev–Trinajstić information content (AvgIpc) is 2.37. The van der Waals surface area contributed by atoms with E-state index >= 15 is 0 Å². The molecule has 0 aromatic heterocycles. The summed E-state index contributed by atoms with van der Waals surface area (Å²) in [7, 11) is 0. The molecule has 2 aromatic rings. The van der Waals surface area contributed by atoms with E-state index in [1.807, 2.05) is 30.3 Å². The molecule has 0 bridgehead atoms. The second-order valence-electron chi connectivity index (χ2n) is 3.29. The summed E-state index contributed by atoms with van der Waals surface area (Å²) in [4.78, 5) is 0. The number of rotatable bonds is 1. The summed E-state index contributed by atoms with van der Waals surface area (Å²) in [5.41, 5.74) is 0.965. The number of para-hydroxylation sites is 1. The molecule has 0 unspecified atom stereocenters. The van der Waals surface area contributed by atoms with Crippen LogP contribution in [0.25, 0.3) is 0 Å². The second-order valence-corrected chi connectivity index (χ2v) is 3.29. The minimum atomic E-state index is -0.475. The highest BCUT2D eigenvalue weighted by Gasteiger charge is 2.00. The van der Waals surface area contributed by atoms with Crippen LogP contribution in [0, 0.1) is 0 Å². The highest BCUT2D eigenvalue weighted by molar-refractivity contribution is 5.47. The van der Waals surface area contributed by atoms with E-state index in [9.17, 15) is 0 Å². The zero-order chi connectivity index (χ0) is 12.7. The minimum Gasteiger partial charge on any atom is -0.504 e. The van der Waals surface area contributed by atoms with Crippen LogP contribution in [0.2, 0.25) is 0 Å². The lowest BCUT2D eigenvalue weighted by molar-refractivity contribution is 0.282. The highest BCUT2D eigenvalue weighted by Crippen LogP contribution is 2.32. The number of benzene rings is 2. The van der Waals surface area contributed by atoms with Crippen molar-refractivity contribution in [2.75, 3.05) is 0 Å². The summed E-state index contributed by atoms with van der Waals surface area (Å²) < 4.78 is 0. The van der Waals surface area contributed by atoms with Crippen LogP contribution >= 0.6 is 0 Å². The van der Waals surface area contributed by atoms with E-state index in [4.69, 9.17) is 20.4 Å². The zero-order valence-corrected chi connectivity index (χ0v) is 9.61. The van der Waals surface area contributed by atoms with Gasteiger partial charge >= 0.3 is 0 Å². The summed E-state index contributed by atoms with van der Waals surface area (Å²) in [6.07, 6.45) is 0. The monoisotopic (exact) mass is 252 g/mol. The van der Waals surface area contributed by atoms with Crippen molar-refractivity contribution in [3.63, 3.8) is 0 Å². The fraction of sp³-hybridized carbons (Fsp3) is 0.0769. The van der Waals surface area contributed by atoms with Crippen molar-refractivity contribution in [1.29, 1.82) is 0 Å². The van der Waals surface area contributed by atoms with E-state index in [1.54, 1.807) is 0 Å². The molecule has 5 nitrogen and oxygen atoms in total. The van der Waals surface area contributed by atoms with Crippen LogP contribution in [0.5, 0.6) is 17.2 Å². The van der Waals surface area contributed by atoms with Crippen molar-refractivity contribution >= 4 is 0 Å². The molecule has 0 saturated heterocycles. The number of hydrogen-bond acceptors (Lipinski definition) is 4. The zero-order valence-electron chi connectivity index (χ0n) is 9.61. The summed E-state index contributed by atoms with van der Waals surface area (Å²) in [6.45, 7) is 0.140. The Morgan fingerprint density at radius 3 is 1.56 bits per heavy atom. The maximum atomic E-state index is 8.71. The van der Waals surface area contributed by atoms with Gasteiger partial charge in [0.25, 0.3) is 0 Å². The van der Waals surface area contributed by atoms with Crippen molar-refractivity contribution in [2.24, 2.45) is 0 Å². The normalized spacial score (nSPS) is 8.72. The maximum absolute atomic E-state index is 8.71. The van der Waals surface area contributed by atoms with Crippen molar-refractivity contribution in [3.05, 3.63) is 54.1 Å². The lowest BCUT2D eigenvalue weighted by Gasteiger charge is -1.96. The van der Waals surface area contributed by atoms with Crippen molar-refractivity contribution in [1.82, 2.24) is 0 Å². The van der Waals surface area contributed by atoms with Crippen LogP contribution in [-0.4, -0.2) is 25.9 Å². The van der Waals surface area contributed by atoms with Crippen LogP contribution in [0.15, 0.2) is 48.5 Å². The quantitative estimate of drug-likeness (QED) is 0.570. The second kappa shape index (κ2) is 7.94. The predicted molar refractivity (Wildman–Crippen MR) is 67.4 cm³/mol. The fourth-order valence-corrected chi connectivity index (χ4v) is 1.10. The Labute approximate surface area is 105 Å². The molecule has 2 rings (SSSR count). The van der Waals surface area contributed by atoms with Gasteiger partial charge in [-0.1, -0.05) is 36.4 Å². The molecule has 2 aromatic carbocycles. The van der Waals surface area contributed by atoms with E-state index in [0.717, 1.165) is 5.56 Å². The molecule has 0 spiro atoms. The molecular weight excluding hydrogens is 236 g/mol. The summed E-state index contributed by atoms with van der Waals surface area (Å²) >= 11 is 0. The van der Waals surface area contributed by atoms with Gasteiger partial charge in [-0.15, -0.1) is 0 Å². The molecule has 5 heteroatoms. The van der Waals surface area contributed by atoms with Crippen LogP contribution in [0.1, 0.15) is 5.56 Å². The molecule has 0 atom stereocenters. The number of phenols is 3. The molecule has 0 aliphatic carbocycles. The summed E-state index contributed by atoms with van der Waals surface area (Å²) in [6, 6.07) is 13.5. The summed E-state index contributed by atoms with van der Waals surface area (Å²) in [5.74, 6) is -1.09. The molecule has 0 radical (unpaired) electrons. The minimum absolute atomic E-state index is 0. The molecule has 0 saturated carbocycles. The largest absolute Gasteiger partial charge is 0.504 e. The number of aromatic hydroxyl groups is 3. The lowest BCUT2D eigenvalue weighted by atomic mass is 10.2. The Morgan fingerprint density at radius 1 is 0.722 bits per heavy atom. The number of aliphatic hydroxyl groups excluding tert-OH is 1. The van der Waals surface area contributed by atoms with Gasteiger partial charge in [-0.05, 0) is 17.7 Å². The Bertz CT molecular complexity index is 436. The van der Waals surface area contributed by atoms with Crippen LogP contribution in [0.4, 0.5) is 0 Å². The van der Waals surface area contributed by atoms with E-state index in [1.165, 1.54) is 18.2 Å². The van der Waals surface area contributed by atoms with Crippen molar-refractivity contribution in [3.8, 4) is 17.2 Å². The molecule has 0 amide bonds. The Morgan fingerprint density at radius 2 is 1.22 bits per heavy atom. The van der Waals surface area contributed by atoms with Gasteiger partial charge in [0.05, 0.1) is 6.61 Å². The molecule has 0 fully saturated rings. The van der Waals surface area contributed by atoms with Gasteiger partial charge in [-0.3, -0.25) is 0 Å². The van der Waals surface area contributed by atoms with Gasteiger partial charge in [0, 0.05) is 0 Å². The smallest absolute Gasteiger partial charge is 0.200 e. The topological polar surface area (TPSA) is 112 Å². The highest BCUT2D eigenvalue weighted by atomic mass is 16.3. The average molecular weight is 252 g/mol. The first kappa shape index (κ1) is 15.8. The molecular formula is C13H16O5. The molecule has 18 heavy (non-hydrogen) atoms. The Balaban J connectivity index is 0.000000306. The van der Waals surface area contributed by atoms with Crippen molar-refractivity contribution in [2.45, 2.75) is 6.61 Å². The van der Waals surface area contributed by atoms with E-state index in [-0.39, 0.29) is 23.6 Å². The van der Waals surface area contributed by atoms with E-state index in [0.29, 0.717) is 0 Å². The predicted octanol–water partition coefficient (Wildman–Crippen LogP) is 1.16. The van der Waals surface area contributed by atoms with E-state index in [2.05, 4.69) is 0 Å². The maximum Gasteiger partial charge on any atom is 0.200 e. The van der Waals surface area contributed by atoms with Gasteiger partial charge < -0.3 is 25.9 Å². The third-order valence-electron chi connectivity index (χ3n) is 2.02. The third kappa shape index (κ3) is 4.73. The fourth-order valence-electron chi connectivity index (χ4n) is 1.10. The SMILES string of the molecule is O.OCc1ccccc1.Oc1cccc(O)c1O. The number of aliphatic hydroxyl groups is 1. The first-order valence-electron chi connectivity index (χ1n) is 5.00. The van der Waals surface area contributed by atoms with Gasteiger partial charge in [0.15, 0.2) is 17.2 Å². The number of hydrogen-bond donors (Lipinski definition) is 4. The van der Waals surface area contributed by atoms with Crippen LogP contribution < -0.4 is 0 Å². The first-order valence-corrected chi connectivity index (χ1v) is 5.00. The van der Waals surface area contributed by atoms with E-state index < -0.39 is 5.75 Å². The van der Waals surface area contributed by atoms with Crippen LogP contribution in [-0.2, 0) is 6.61 Å². The van der Waals surface area contributed by atoms with Gasteiger partial charge in [-0.25, -0.2) is 0 Å². The molecule has 6 N–H and O–H groups in total. The van der Waals surface area contributed by atoms with Crippen LogP contribution in [0.3, 0.4) is 0 Å². The first-order chi connectivity index (χ1) is 8.15. The third-order valence-corrected chi connectivity index (χ3v) is 2.02. The Hall–Kier alpha value is -2.24. The molecule has 0 aliphatic rings. The lowest BCUT2D eigenvalue weighted by Crippen LogP contribution is -1.77. The van der Waals surface area contributed by atoms with Gasteiger partial charge in [0.2, 0.25) is 0 Å². The molecule has 98 valence electrons. The molecule has 0 heterocycles.